The van der Waals surface area contributed by atoms with E-state index in [1.807, 2.05) is 0 Å². The van der Waals surface area contributed by atoms with E-state index in [2.05, 4.69) is 11.4 Å². The van der Waals surface area contributed by atoms with E-state index in [-0.39, 0.29) is 83.7 Å². The van der Waals surface area contributed by atoms with Crippen molar-refractivity contribution < 1.29 is 102 Å². The van der Waals surface area contributed by atoms with E-state index in [9.17, 15) is 28.7 Å². The van der Waals surface area contributed by atoms with Crippen LogP contribution in [0.1, 0.15) is 162 Å². The standard InChI is InChI=1S/C32H61O9PS.2Na/c1-3-4-5-6-7-8-9-10-11-12-16-19-22-25-32(35)41-30(28-40-42(36,37)38)27-39-31(34)24-21-18-15-13-14-17-20-23-26-43-29(2)33;;/h30H,3-28H2,1-2H3,(H2,36,37,38);;/q;2*+1/p-2/t30-;;/m1../s1. The van der Waals surface area contributed by atoms with Crippen LogP contribution in [0.25, 0.3) is 0 Å². The van der Waals surface area contributed by atoms with Gasteiger partial charge in [-0.15, -0.1) is 0 Å². The van der Waals surface area contributed by atoms with Crippen LogP contribution < -0.4 is 68.9 Å². The van der Waals surface area contributed by atoms with E-state index in [1.54, 1.807) is 6.92 Å². The second kappa shape index (κ2) is 36.4. The molecule has 0 aliphatic heterocycles. The fraction of sp³-hybridized carbons (Fsp3) is 0.906. The predicted molar refractivity (Wildman–Crippen MR) is 169 cm³/mol. The number of unbranched alkanes of at least 4 members (excludes halogenated alkanes) is 19. The van der Waals surface area contributed by atoms with Crippen molar-refractivity contribution in [1.82, 2.24) is 0 Å². The minimum Gasteiger partial charge on any atom is -0.790 e. The summed E-state index contributed by atoms with van der Waals surface area (Å²) < 4.78 is 25.6. The third kappa shape index (κ3) is 41.2. The molecule has 0 rings (SSSR count). The van der Waals surface area contributed by atoms with Crippen molar-refractivity contribution in [1.29, 1.82) is 0 Å². The number of phosphoric ester groups is 1. The number of hydrogen-bond acceptors (Lipinski definition) is 10. The van der Waals surface area contributed by atoms with Crippen molar-refractivity contribution in [3.63, 3.8) is 0 Å². The molecule has 0 aromatic heterocycles. The number of ether oxygens (including phenoxy) is 2. The molecule has 0 N–H and O–H groups in total. The maximum Gasteiger partial charge on any atom is 1.00 e. The third-order valence-corrected chi connectivity index (χ3v) is 8.58. The van der Waals surface area contributed by atoms with E-state index in [1.165, 1.54) is 69.5 Å². The number of phosphoric acid groups is 1. The maximum atomic E-state index is 12.3. The van der Waals surface area contributed by atoms with E-state index < -0.39 is 32.5 Å². The molecule has 1 atom stereocenters. The van der Waals surface area contributed by atoms with Crippen LogP contribution in [0.3, 0.4) is 0 Å². The summed E-state index contributed by atoms with van der Waals surface area (Å²) in [5.41, 5.74) is 0. The molecule has 0 fully saturated rings. The summed E-state index contributed by atoms with van der Waals surface area (Å²) in [5.74, 6) is -0.110. The second-order valence-electron chi connectivity index (χ2n) is 11.4. The van der Waals surface area contributed by atoms with Gasteiger partial charge in [-0.3, -0.25) is 14.4 Å². The van der Waals surface area contributed by atoms with Crippen LogP contribution in [-0.4, -0.2) is 42.1 Å². The van der Waals surface area contributed by atoms with Gasteiger partial charge in [0, 0.05) is 25.5 Å². The van der Waals surface area contributed by atoms with Crippen molar-refractivity contribution in [2.24, 2.45) is 0 Å². The Bertz CT molecular complexity index is 756. The summed E-state index contributed by atoms with van der Waals surface area (Å²) in [6.07, 6.45) is 22.8. The Morgan fingerprint density at radius 2 is 1.02 bits per heavy atom. The van der Waals surface area contributed by atoms with Crippen LogP contribution in [0.4, 0.5) is 0 Å². The molecule has 45 heavy (non-hydrogen) atoms. The molecule has 0 aliphatic carbocycles. The van der Waals surface area contributed by atoms with Gasteiger partial charge in [0.1, 0.15) is 6.61 Å². The van der Waals surface area contributed by atoms with Gasteiger partial charge < -0.3 is 28.3 Å². The number of carbonyl (C=O) groups is 3. The Balaban J connectivity index is -0.00000882. The van der Waals surface area contributed by atoms with Gasteiger partial charge in [-0.2, -0.15) is 0 Å². The number of hydrogen-bond donors (Lipinski definition) is 0. The first kappa shape index (κ1) is 50.4. The number of rotatable bonds is 31. The largest absolute Gasteiger partial charge is 1.00 e. The normalized spacial score (nSPS) is 11.7. The SMILES string of the molecule is CCCCCCCCCCCCCCCC(=O)O[C@H](COC(=O)CCCCCCCCCCSC(C)=O)COP(=O)([O-])[O-].[Na+].[Na+]. The molecule has 0 unspecified atom stereocenters. The molecule has 0 spiro atoms. The topological polar surface area (TPSA) is 142 Å². The summed E-state index contributed by atoms with van der Waals surface area (Å²) in [6, 6.07) is 0. The molecule has 9 nitrogen and oxygen atoms in total. The van der Waals surface area contributed by atoms with Gasteiger partial charge in [-0.05, 0) is 19.3 Å². The monoisotopic (exact) mass is 696 g/mol. The summed E-state index contributed by atoms with van der Waals surface area (Å²) in [5, 5.41) is 0.166. The van der Waals surface area contributed by atoms with Gasteiger partial charge in [0.15, 0.2) is 11.2 Å². The fourth-order valence-electron chi connectivity index (χ4n) is 4.73. The van der Waals surface area contributed by atoms with Crippen LogP contribution in [0, 0.1) is 0 Å². The van der Waals surface area contributed by atoms with Crippen molar-refractivity contribution in [2.75, 3.05) is 19.0 Å². The molecular weight excluding hydrogens is 637 g/mol. The van der Waals surface area contributed by atoms with Crippen LogP contribution in [-0.2, 0) is 32.9 Å². The maximum absolute atomic E-state index is 12.3. The fourth-order valence-corrected chi connectivity index (χ4v) is 5.71. The molecule has 0 aliphatic rings. The summed E-state index contributed by atoms with van der Waals surface area (Å²) in [6.45, 7) is 2.79. The molecule has 0 radical (unpaired) electrons. The molecule has 0 saturated carbocycles. The van der Waals surface area contributed by atoms with Crippen LogP contribution >= 0.6 is 19.6 Å². The minimum absolute atomic E-state index is 0. The number of thioether (sulfide) groups is 1. The molecule has 0 saturated heterocycles. The van der Waals surface area contributed by atoms with Gasteiger partial charge >= 0.3 is 71.1 Å². The quantitative estimate of drug-likeness (QED) is 0.0454. The second-order valence-corrected chi connectivity index (χ2v) is 13.9. The predicted octanol–water partition coefficient (Wildman–Crippen LogP) is 1.57. The first-order valence-electron chi connectivity index (χ1n) is 16.8. The zero-order valence-corrected chi connectivity index (χ0v) is 34.7. The van der Waals surface area contributed by atoms with E-state index in [0.717, 1.165) is 70.0 Å². The van der Waals surface area contributed by atoms with Crippen LogP contribution in [0.15, 0.2) is 0 Å². The van der Waals surface area contributed by atoms with E-state index >= 15 is 0 Å². The van der Waals surface area contributed by atoms with Gasteiger partial charge in [0.25, 0.3) is 0 Å². The molecule has 0 amide bonds. The first-order chi connectivity index (χ1) is 20.6. The van der Waals surface area contributed by atoms with Crippen molar-refractivity contribution in [3.8, 4) is 0 Å². The summed E-state index contributed by atoms with van der Waals surface area (Å²) in [4.78, 5) is 57.1. The van der Waals surface area contributed by atoms with Crippen molar-refractivity contribution in [2.45, 2.75) is 168 Å². The number of esters is 2. The van der Waals surface area contributed by atoms with Crippen LogP contribution in [0.2, 0.25) is 0 Å². The molecule has 0 aromatic carbocycles. The first-order valence-corrected chi connectivity index (χ1v) is 19.2. The number of carbonyl (C=O) groups excluding carboxylic acids is 3. The minimum atomic E-state index is -5.25. The smallest absolute Gasteiger partial charge is 0.790 e. The molecule has 13 heteroatoms. The molecule has 0 aromatic rings. The molecular formula is C32H59Na2O9PS. The van der Waals surface area contributed by atoms with Gasteiger partial charge in [-0.25, -0.2) is 0 Å². The average Bonchev–Trinajstić information content (AvgIpc) is 2.95. The molecule has 0 heterocycles. The van der Waals surface area contributed by atoms with E-state index in [0.29, 0.717) is 12.8 Å². The van der Waals surface area contributed by atoms with E-state index in [4.69, 9.17) is 9.47 Å². The zero-order valence-electron chi connectivity index (χ0n) is 29.0. The Labute approximate surface area is 322 Å². The van der Waals surface area contributed by atoms with Gasteiger partial charge in [-0.1, -0.05) is 134 Å². The third-order valence-electron chi connectivity index (χ3n) is 7.21. The molecule has 0 bridgehead atoms. The van der Waals surface area contributed by atoms with Crippen LogP contribution in [0.5, 0.6) is 0 Å². The Morgan fingerprint density at radius 1 is 0.622 bits per heavy atom. The van der Waals surface area contributed by atoms with Crippen molar-refractivity contribution in [3.05, 3.63) is 0 Å². The Morgan fingerprint density at radius 3 is 1.44 bits per heavy atom. The van der Waals surface area contributed by atoms with Gasteiger partial charge in [0.2, 0.25) is 0 Å². The summed E-state index contributed by atoms with van der Waals surface area (Å²) >= 11 is 1.38. The van der Waals surface area contributed by atoms with Crippen molar-refractivity contribution >= 4 is 36.6 Å². The Hall–Kier alpha value is 1.07. The van der Waals surface area contributed by atoms with Gasteiger partial charge in [0.05, 0.1) is 14.4 Å². The molecule has 254 valence electrons. The Kier molecular flexibility index (Phi) is 40.8. The summed E-state index contributed by atoms with van der Waals surface area (Å²) in [7, 11) is -5.25. The zero-order chi connectivity index (χ0) is 32.0. The average molecular weight is 697 g/mol.